The number of hydrogen-bond acceptors (Lipinski definition) is 7. The number of urea groups is 1. The molecule has 10 heteroatoms. The highest BCUT2D eigenvalue weighted by Gasteiger charge is 2.27. The van der Waals surface area contributed by atoms with Crippen LogP contribution in [-0.4, -0.2) is 63.8 Å². The molecule has 0 bridgehead atoms. The van der Waals surface area contributed by atoms with Gasteiger partial charge in [-0.25, -0.2) is 4.79 Å². The lowest BCUT2D eigenvalue weighted by molar-refractivity contribution is -0.0148. The Hall–Kier alpha value is -2.46. The summed E-state index contributed by atoms with van der Waals surface area (Å²) in [6.07, 6.45) is 0.257. The van der Waals surface area contributed by atoms with Gasteiger partial charge in [-0.3, -0.25) is 4.68 Å². The Kier molecular flexibility index (Phi) is 6.07. The first-order chi connectivity index (χ1) is 13.0. The molecule has 1 N–H and O–H groups in total. The van der Waals surface area contributed by atoms with Crippen LogP contribution in [0.4, 0.5) is 10.5 Å². The van der Waals surface area contributed by atoms with E-state index < -0.39 is 0 Å². The molecule has 2 aromatic heterocycles. The standard InChI is InChI=1S/C17H26N6O4/c1-5-23-12(3)16(11(2)20-23)19-17(24)22-6-7-26-13(9-22)8-15-18-14(10-25-4)21-27-15/h13H,5-10H2,1-4H3,(H,19,24)/t13-/m0/s1. The number of aromatic nitrogens is 4. The van der Waals surface area contributed by atoms with Gasteiger partial charge < -0.3 is 24.2 Å². The van der Waals surface area contributed by atoms with Crippen LogP contribution in [0.15, 0.2) is 4.52 Å². The summed E-state index contributed by atoms with van der Waals surface area (Å²) in [5, 5.41) is 11.3. The van der Waals surface area contributed by atoms with Crippen molar-refractivity contribution in [2.75, 3.05) is 32.1 Å². The van der Waals surface area contributed by atoms with Crippen molar-refractivity contribution in [3.05, 3.63) is 23.1 Å². The second kappa shape index (κ2) is 8.49. The summed E-state index contributed by atoms with van der Waals surface area (Å²) in [6.45, 7) is 8.37. The topological polar surface area (TPSA) is 108 Å². The molecular weight excluding hydrogens is 352 g/mol. The van der Waals surface area contributed by atoms with Gasteiger partial charge in [-0.05, 0) is 20.8 Å². The molecule has 0 aromatic carbocycles. The Morgan fingerprint density at radius 3 is 2.93 bits per heavy atom. The molecule has 0 aliphatic carbocycles. The average Bonchev–Trinajstić information content (AvgIpc) is 3.21. The second-order valence-corrected chi connectivity index (χ2v) is 6.47. The molecule has 2 aromatic rings. The van der Waals surface area contributed by atoms with Crippen LogP contribution < -0.4 is 5.32 Å². The number of ether oxygens (including phenoxy) is 2. The maximum absolute atomic E-state index is 12.7. The van der Waals surface area contributed by atoms with Gasteiger partial charge >= 0.3 is 6.03 Å². The lowest BCUT2D eigenvalue weighted by atomic mass is 10.2. The monoisotopic (exact) mass is 378 g/mol. The van der Waals surface area contributed by atoms with E-state index in [4.69, 9.17) is 14.0 Å². The van der Waals surface area contributed by atoms with Crippen LogP contribution in [0, 0.1) is 13.8 Å². The number of morpholine rings is 1. The largest absolute Gasteiger partial charge is 0.377 e. The van der Waals surface area contributed by atoms with Crippen LogP contribution in [0.2, 0.25) is 0 Å². The van der Waals surface area contributed by atoms with Crippen molar-refractivity contribution in [2.45, 2.75) is 46.4 Å². The van der Waals surface area contributed by atoms with Gasteiger partial charge in [0.2, 0.25) is 5.89 Å². The van der Waals surface area contributed by atoms with Crippen molar-refractivity contribution in [2.24, 2.45) is 0 Å². The van der Waals surface area contributed by atoms with Crippen LogP contribution in [0.3, 0.4) is 0 Å². The van der Waals surface area contributed by atoms with Gasteiger partial charge in [0.15, 0.2) is 5.82 Å². The maximum atomic E-state index is 12.7. The van der Waals surface area contributed by atoms with Gasteiger partial charge in [-0.1, -0.05) is 5.16 Å². The molecule has 0 saturated carbocycles. The smallest absolute Gasteiger partial charge is 0.322 e. The molecule has 148 valence electrons. The van der Waals surface area contributed by atoms with E-state index in [1.54, 1.807) is 12.0 Å². The third kappa shape index (κ3) is 4.45. The van der Waals surface area contributed by atoms with Crippen molar-refractivity contribution < 1.29 is 18.8 Å². The van der Waals surface area contributed by atoms with Crippen LogP contribution in [0.1, 0.15) is 30.0 Å². The highest BCUT2D eigenvalue weighted by atomic mass is 16.5. The third-order valence-corrected chi connectivity index (χ3v) is 4.52. The molecule has 2 amide bonds. The van der Waals surface area contributed by atoms with Gasteiger partial charge in [-0.15, -0.1) is 0 Å². The zero-order chi connectivity index (χ0) is 19.4. The summed E-state index contributed by atoms with van der Waals surface area (Å²) in [4.78, 5) is 18.7. The quantitative estimate of drug-likeness (QED) is 0.812. The van der Waals surface area contributed by atoms with Crippen LogP contribution in [0.25, 0.3) is 0 Å². The fraction of sp³-hybridized carbons (Fsp3) is 0.647. The van der Waals surface area contributed by atoms with Gasteiger partial charge in [0.25, 0.3) is 0 Å². The SMILES string of the molecule is CCn1nc(C)c(NC(=O)N2CCO[C@@H](Cc3nc(COC)no3)C2)c1C. The van der Waals surface area contributed by atoms with Crippen molar-refractivity contribution >= 4 is 11.7 Å². The third-order valence-electron chi connectivity index (χ3n) is 4.52. The van der Waals surface area contributed by atoms with Crippen LogP contribution >= 0.6 is 0 Å². The fourth-order valence-corrected chi connectivity index (χ4v) is 3.15. The number of anilines is 1. The van der Waals surface area contributed by atoms with E-state index in [1.807, 2.05) is 25.5 Å². The van der Waals surface area contributed by atoms with E-state index >= 15 is 0 Å². The van der Waals surface area contributed by atoms with E-state index in [-0.39, 0.29) is 12.1 Å². The Morgan fingerprint density at radius 2 is 2.22 bits per heavy atom. The summed E-state index contributed by atoms with van der Waals surface area (Å²) in [7, 11) is 1.57. The van der Waals surface area contributed by atoms with Gasteiger partial charge in [0, 0.05) is 26.7 Å². The van der Waals surface area contributed by atoms with Gasteiger partial charge in [0.1, 0.15) is 6.61 Å². The normalized spacial score (nSPS) is 17.3. The number of amides is 2. The Balaban J connectivity index is 1.60. The van der Waals surface area contributed by atoms with Crippen LogP contribution in [-0.2, 0) is 29.0 Å². The predicted molar refractivity (Wildman–Crippen MR) is 96.4 cm³/mol. The molecule has 1 saturated heterocycles. The highest BCUT2D eigenvalue weighted by molar-refractivity contribution is 5.90. The number of nitrogens with zero attached hydrogens (tertiary/aromatic N) is 5. The highest BCUT2D eigenvalue weighted by Crippen LogP contribution is 2.20. The minimum absolute atomic E-state index is 0.157. The predicted octanol–water partition coefficient (Wildman–Crippen LogP) is 1.52. The molecule has 0 unspecified atom stereocenters. The van der Waals surface area contributed by atoms with E-state index in [0.717, 1.165) is 23.6 Å². The molecule has 3 heterocycles. The van der Waals surface area contributed by atoms with Gasteiger partial charge in [0.05, 0.1) is 36.2 Å². The number of carbonyl (C=O) groups excluding carboxylic acids is 1. The molecule has 0 spiro atoms. The lowest BCUT2D eigenvalue weighted by Crippen LogP contribution is -2.48. The van der Waals surface area contributed by atoms with Gasteiger partial charge in [-0.2, -0.15) is 10.1 Å². The minimum Gasteiger partial charge on any atom is -0.377 e. The number of carbonyl (C=O) groups is 1. The molecule has 10 nitrogen and oxygen atoms in total. The molecule has 1 atom stereocenters. The summed E-state index contributed by atoms with van der Waals surface area (Å²) in [5.41, 5.74) is 2.53. The Morgan fingerprint density at radius 1 is 1.41 bits per heavy atom. The van der Waals surface area contributed by atoms with E-state index in [9.17, 15) is 4.79 Å². The molecule has 0 radical (unpaired) electrons. The molecular formula is C17H26N6O4. The van der Waals surface area contributed by atoms with E-state index in [1.165, 1.54) is 0 Å². The minimum atomic E-state index is -0.194. The van der Waals surface area contributed by atoms with E-state index in [0.29, 0.717) is 44.4 Å². The first-order valence-corrected chi connectivity index (χ1v) is 9.03. The Labute approximate surface area is 157 Å². The molecule has 1 aliphatic rings. The number of methoxy groups -OCH3 is 1. The first kappa shape index (κ1) is 19.3. The molecule has 1 fully saturated rings. The second-order valence-electron chi connectivity index (χ2n) is 6.47. The fourth-order valence-electron chi connectivity index (χ4n) is 3.15. The number of nitrogens with one attached hydrogen (secondary N) is 1. The lowest BCUT2D eigenvalue weighted by Gasteiger charge is -2.32. The Bertz CT molecular complexity index is 786. The number of aryl methyl sites for hydroxylation is 2. The zero-order valence-corrected chi connectivity index (χ0v) is 16.2. The summed E-state index contributed by atoms with van der Waals surface area (Å²) >= 11 is 0. The zero-order valence-electron chi connectivity index (χ0n) is 16.2. The summed E-state index contributed by atoms with van der Waals surface area (Å²) in [6, 6.07) is -0.157. The van der Waals surface area contributed by atoms with Crippen molar-refractivity contribution in [1.82, 2.24) is 24.8 Å². The van der Waals surface area contributed by atoms with Crippen molar-refractivity contribution in [1.29, 1.82) is 0 Å². The van der Waals surface area contributed by atoms with Crippen molar-refractivity contribution in [3.8, 4) is 0 Å². The van der Waals surface area contributed by atoms with Crippen molar-refractivity contribution in [3.63, 3.8) is 0 Å². The number of hydrogen-bond donors (Lipinski definition) is 1. The average molecular weight is 378 g/mol. The number of rotatable bonds is 6. The van der Waals surface area contributed by atoms with E-state index in [2.05, 4.69) is 20.6 Å². The summed E-state index contributed by atoms with van der Waals surface area (Å²) in [5.74, 6) is 0.974. The summed E-state index contributed by atoms with van der Waals surface area (Å²) < 4.78 is 17.8. The van der Waals surface area contributed by atoms with Crippen LogP contribution in [0.5, 0.6) is 0 Å². The molecule has 1 aliphatic heterocycles. The maximum Gasteiger partial charge on any atom is 0.322 e. The molecule has 3 rings (SSSR count). The molecule has 27 heavy (non-hydrogen) atoms. The first-order valence-electron chi connectivity index (χ1n) is 9.03.